The van der Waals surface area contributed by atoms with Crippen molar-refractivity contribution in [3.8, 4) is 27.9 Å². The van der Waals surface area contributed by atoms with Gasteiger partial charge in [-0.25, -0.2) is 0 Å². The Bertz CT molecular complexity index is 2450. The van der Waals surface area contributed by atoms with Gasteiger partial charge in [-0.15, -0.1) is 0 Å². The fourth-order valence-electron chi connectivity index (χ4n) is 8.05. The monoisotopic (exact) mass is 589 g/mol. The Hall–Kier alpha value is -5.31. The minimum Gasteiger partial charge on any atom is -0.309 e. The number of nitrogens with zero attached hydrogens (tertiary/aromatic N) is 1. The molecule has 210 valence electrons. The van der Waals surface area contributed by atoms with Crippen molar-refractivity contribution in [2.75, 3.05) is 0 Å². The van der Waals surface area contributed by atoms with Crippen molar-refractivity contribution in [2.24, 2.45) is 0 Å². The van der Waals surface area contributed by atoms with E-state index < -0.39 is 5.41 Å². The van der Waals surface area contributed by atoms with Crippen molar-refractivity contribution in [2.45, 2.75) is 15.2 Å². The van der Waals surface area contributed by atoms with Crippen molar-refractivity contribution in [1.82, 2.24) is 4.57 Å². The molecule has 3 heterocycles. The van der Waals surface area contributed by atoms with Gasteiger partial charge in [0.15, 0.2) is 0 Å². The lowest BCUT2D eigenvalue weighted by molar-refractivity contribution is 0.690. The molecule has 1 unspecified atom stereocenters. The summed E-state index contributed by atoms with van der Waals surface area (Å²) in [5.41, 5.74) is 13.7. The fourth-order valence-corrected chi connectivity index (χ4v) is 9.37. The van der Waals surface area contributed by atoms with E-state index in [2.05, 4.69) is 168 Å². The minimum atomic E-state index is -0.461. The number of benzene rings is 7. The van der Waals surface area contributed by atoms with Crippen LogP contribution < -0.4 is 0 Å². The van der Waals surface area contributed by atoms with Crippen LogP contribution in [0.15, 0.2) is 174 Å². The van der Waals surface area contributed by atoms with Gasteiger partial charge < -0.3 is 4.57 Å². The molecule has 0 fully saturated rings. The Morgan fingerprint density at radius 1 is 0.422 bits per heavy atom. The molecule has 8 aromatic rings. The van der Waals surface area contributed by atoms with Gasteiger partial charge in [-0.05, 0) is 62.7 Å². The Morgan fingerprint density at radius 2 is 1.04 bits per heavy atom. The van der Waals surface area contributed by atoms with Crippen LogP contribution in [0.1, 0.15) is 22.3 Å². The maximum Gasteiger partial charge on any atom is 0.0764 e. The second-order valence-electron chi connectivity index (χ2n) is 12.0. The second kappa shape index (κ2) is 9.34. The van der Waals surface area contributed by atoms with Gasteiger partial charge >= 0.3 is 0 Å². The summed E-state index contributed by atoms with van der Waals surface area (Å²) in [6.45, 7) is 0. The SMILES string of the molecule is c1ccc(-c2ccc(-c3cccc4c3Sc3ccccc3C43c4ccccc4-n4c5ccccc5c5cccc3c54)cc2)cc1. The summed E-state index contributed by atoms with van der Waals surface area (Å²) in [6, 6.07) is 60.7. The quantitative estimate of drug-likeness (QED) is 0.194. The highest BCUT2D eigenvalue weighted by molar-refractivity contribution is 7.99. The highest BCUT2D eigenvalue weighted by Crippen LogP contribution is 2.61. The molecule has 1 aromatic heterocycles. The maximum absolute atomic E-state index is 2.51. The molecule has 0 radical (unpaired) electrons. The Morgan fingerprint density at radius 3 is 1.93 bits per heavy atom. The lowest BCUT2D eigenvalue weighted by Gasteiger charge is -2.45. The van der Waals surface area contributed by atoms with Gasteiger partial charge in [-0.3, -0.25) is 0 Å². The normalized spacial score (nSPS) is 16.0. The highest BCUT2D eigenvalue weighted by Gasteiger charge is 2.49. The van der Waals surface area contributed by atoms with Crippen molar-refractivity contribution in [3.05, 3.63) is 186 Å². The first-order valence-corrected chi connectivity index (χ1v) is 16.3. The molecule has 1 spiro atoms. The molecule has 1 atom stereocenters. The van der Waals surface area contributed by atoms with Crippen LogP contribution >= 0.6 is 11.8 Å². The van der Waals surface area contributed by atoms with Gasteiger partial charge in [-0.2, -0.15) is 0 Å². The molecule has 0 saturated heterocycles. The van der Waals surface area contributed by atoms with Crippen molar-refractivity contribution in [3.63, 3.8) is 0 Å². The number of aromatic nitrogens is 1. The van der Waals surface area contributed by atoms with Crippen molar-refractivity contribution >= 4 is 33.6 Å². The van der Waals surface area contributed by atoms with Gasteiger partial charge in [0.25, 0.3) is 0 Å². The summed E-state index contributed by atoms with van der Waals surface area (Å²) < 4.78 is 2.51. The molecular weight excluding hydrogens is 563 g/mol. The molecule has 1 nitrogen and oxygen atoms in total. The van der Waals surface area contributed by atoms with E-state index in [1.165, 1.54) is 81.8 Å². The van der Waals surface area contributed by atoms with Crippen molar-refractivity contribution < 1.29 is 0 Å². The zero-order chi connectivity index (χ0) is 29.5. The van der Waals surface area contributed by atoms with Gasteiger partial charge in [0.1, 0.15) is 0 Å². The minimum absolute atomic E-state index is 0.461. The average Bonchev–Trinajstić information content (AvgIpc) is 3.46. The van der Waals surface area contributed by atoms with Crippen LogP contribution in [0.3, 0.4) is 0 Å². The molecule has 45 heavy (non-hydrogen) atoms. The zero-order valence-corrected chi connectivity index (χ0v) is 25.3. The average molecular weight is 590 g/mol. The number of para-hydroxylation sites is 3. The molecule has 2 aliphatic rings. The highest BCUT2D eigenvalue weighted by atomic mass is 32.2. The summed E-state index contributed by atoms with van der Waals surface area (Å²) in [5.74, 6) is 0. The largest absolute Gasteiger partial charge is 0.309 e. The Labute approximate surface area is 266 Å². The molecule has 10 rings (SSSR count). The predicted octanol–water partition coefficient (Wildman–Crippen LogP) is 11.3. The molecule has 0 saturated carbocycles. The zero-order valence-electron chi connectivity index (χ0n) is 24.4. The third kappa shape index (κ3) is 3.30. The summed E-state index contributed by atoms with van der Waals surface area (Å²) in [5, 5.41) is 2.61. The van der Waals surface area contributed by atoms with Crippen LogP contribution in [-0.2, 0) is 5.41 Å². The number of hydrogen-bond acceptors (Lipinski definition) is 1. The molecule has 0 N–H and O–H groups in total. The summed E-state index contributed by atoms with van der Waals surface area (Å²) in [7, 11) is 0. The van der Waals surface area contributed by atoms with Crippen LogP contribution in [0.25, 0.3) is 49.7 Å². The smallest absolute Gasteiger partial charge is 0.0764 e. The lowest BCUT2D eigenvalue weighted by atomic mass is 9.62. The molecule has 0 bridgehead atoms. The summed E-state index contributed by atoms with van der Waals surface area (Å²) in [6.07, 6.45) is 0. The van der Waals surface area contributed by atoms with E-state index >= 15 is 0 Å². The maximum atomic E-state index is 2.51. The van der Waals surface area contributed by atoms with Crippen LogP contribution in [0, 0.1) is 0 Å². The standard InChI is InChI=1S/C43H27NS/c1-2-12-28(13-3-1)29-24-26-30(27-25-29)31-15-10-20-37-42(31)45-40-23-9-6-18-35(40)43(37)34-17-5-8-22-39(34)44-38-21-7-4-14-32(38)33-16-11-19-36(43)41(33)44/h1-27H. The van der Waals surface area contributed by atoms with Gasteiger partial charge in [0.2, 0.25) is 0 Å². The first kappa shape index (κ1) is 25.1. The summed E-state index contributed by atoms with van der Waals surface area (Å²) in [4.78, 5) is 2.65. The molecule has 2 heteroatoms. The Kier molecular flexibility index (Phi) is 5.20. The number of rotatable bonds is 2. The fraction of sp³-hybridized carbons (Fsp3) is 0.0233. The molecule has 0 amide bonds. The summed E-state index contributed by atoms with van der Waals surface area (Å²) >= 11 is 1.92. The molecule has 2 aliphatic heterocycles. The molecule has 0 aliphatic carbocycles. The molecule has 7 aromatic carbocycles. The van der Waals surface area contributed by atoms with Crippen LogP contribution in [0.4, 0.5) is 0 Å². The van der Waals surface area contributed by atoms with E-state index in [9.17, 15) is 0 Å². The van der Waals surface area contributed by atoms with Gasteiger partial charge in [0, 0.05) is 20.6 Å². The van der Waals surface area contributed by atoms with Gasteiger partial charge in [-0.1, -0.05) is 157 Å². The van der Waals surface area contributed by atoms with Crippen LogP contribution in [-0.4, -0.2) is 4.57 Å². The predicted molar refractivity (Wildman–Crippen MR) is 188 cm³/mol. The Balaban J connectivity index is 1.31. The van der Waals surface area contributed by atoms with Crippen LogP contribution in [0.2, 0.25) is 0 Å². The van der Waals surface area contributed by atoms with E-state index in [0.29, 0.717) is 0 Å². The lowest BCUT2D eigenvalue weighted by Crippen LogP contribution is -2.37. The van der Waals surface area contributed by atoms with E-state index in [0.717, 1.165) is 0 Å². The third-order valence-corrected chi connectivity index (χ3v) is 11.1. The third-order valence-electron chi connectivity index (χ3n) is 9.87. The number of hydrogen-bond donors (Lipinski definition) is 0. The van der Waals surface area contributed by atoms with Gasteiger partial charge in [0.05, 0.1) is 22.1 Å². The topological polar surface area (TPSA) is 4.93 Å². The van der Waals surface area contributed by atoms with Crippen molar-refractivity contribution in [1.29, 1.82) is 0 Å². The van der Waals surface area contributed by atoms with E-state index in [1.807, 2.05) is 11.8 Å². The second-order valence-corrected chi connectivity index (χ2v) is 13.1. The van der Waals surface area contributed by atoms with E-state index in [-0.39, 0.29) is 0 Å². The van der Waals surface area contributed by atoms with Crippen LogP contribution in [0.5, 0.6) is 0 Å². The molecular formula is C43H27NS. The van der Waals surface area contributed by atoms with E-state index in [1.54, 1.807) is 0 Å². The number of fused-ring (bicyclic) bond motifs is 11. The van der Waals surface area contributed by atoms with E-state index in [4.69, 9.17) is 0 Å². The first-order chi connectivity index (χ1) is 22.3. The first-order valence-electron chi connectivity index (χ1n) is 15.5.